The molecule has 6 heteroatoms. The lowest BCUT2D eigenvalue weighted by molar-refractivity contribution is 0.0680. The SMILES string of the molecule is CN(C)CCc1nc(C(=O)O)no1. The largest absolute Gasteiger partial charge is 0.475 e. The molecular formula is C7H11N3O3. The molecule has 0 spiro atoms. The van der Waals surface area contributed by atoms with Gasteiger partial charge in [0.1, 0.15) is 0 Å². The number of rotatable bonds is 4. The molecule has 0 aromatic carbocycles. The highest BCUT2D eigenvalue weighted by atomic mass is 16.5. The summed E-state index contributed by atoms with van der Waals surface area (Å²) >= 11 is 0. The molecule has 0 fully saturated rings. The van der Waals surface area contributed by atoms with Crippen LogP contribution in [0.1, 0.15) is 16.5 Å². The van der Waals surface area contributed by atoms with Crippen LogP contribution in [0.2, 0.25) is 0 Å². The van der Waals surface area contributed by atoms with Gasteiger partial charge in [0.15, 0.2) is 0 Å². The van der Waals surface area contributed by atoms with Crippen molar-refractivity contribution in [2.75, 3.05) is 20.6 Å². The molecule has 0 aliphatic rings. The highest BCUT2D eigenvalue weighted by Gasteiger charge is 2.12. The van der Waals surface area contributed by atoms with E-state index in [0.29, 0.717) is 12.3 Å². The van der Waals surface area contributed by atoms with Gasteiger partial charge in [0, 0.05) is 13.0 Å². The predicted octanol–water partition coefficient (Wildman–Crippen LogP) is -0.128. The summed E-state index contributed by atoms with van der Waals surface area (Å²) in [6.45, 7) is 0.751. The van der Waals surface area contributed by atoms with Gasteiger partial charge in [-0.2, -0.15) is 4.98 Å². The Balaban J connectivity index is 2.54. The predicted molar refractivity (Wildman–Crippen MR) is 43.5 cm³/mol. The number of carboxylic acid groups (broad SMARTS) is 1. The zero-order valence-corrected chi connectivity index (χ0v) is 7.52. The van der Waals surface area contributed by atoms with Crippen LogP contribution in [0, 0.1) is 0 Å². The van der Waals surface area contributed by atoms with Gasteiger partial charge in [-0.05, 0) is 19.3 Å². The van der Waals surface area contributed by atoms with Gasteiger partial charge in [-0.25, -0.2) is 4.79 Å². The summed E-state index contributed by atoms with van der Waals surface area (Å²) in [7, 11) is 3.82. The summed E-state index contributed by atoms with van der Waals surface area (Å²) in [6, 6.07) is 0. The molecule has 0 aliphatic carbocycles. The molecule has 0 saturated carbocycles. The van der Waals surface area contributed by atoms with Crippen LogP contribution in [0.25, 0.3) is 0 Å². The summed E-state index contributed by atoms with van der Waals surface area (Å²) in [4.78, 5) is 16.0. The van der Waals surface area contributed by atoms with E-state index >= 15 is 0 Å². The van der Waals surface area contributed by atoms with E-state index in [0.717, 1.165) is 6.54 Å². The van der Waals surface area contributed by atoms with Gasteiger partial charge in [0.25, 0.3) is 5.82 Å². The fourth-order valence-corrected chi connectivity index (χ4v) is 0.763. The molecule has 1 N–H and O–H groups in total. The molecule has 1 rings (SSSR count). The van der Waals surface area contributed by atoms with Crippen molar-refractivity contribution in [1.82, 2.24) is 15.0 Å². The monoisotopic (exact) mass is 185 g/mol. The maximum atomic E-state index is 10.4. The fourth-order valence-electron chi connectivity index (χ4n) is 0.763. The number of carboxylic acids is 1. The molecule has 1 aromatic rings. The first kappa shape index (κ1) is 9.66. The first-order valence-electron chi connectivity index (χ1n) is 3.80. The van der Waals surface area contributed by atoms with Crippen LogP contribution in [0.4, 0.5) is 0 Å². The third kappa shape index (κ3) is 2.83. The number of carbonyl (C=O) groups is 1. The molecule has 1 aromatic heterocycles. The average molecular weight is 185 g/mol. The number of likely N-dealkylation sites (N-methyl/N-ethyl adjacent to an activating group) is 1. The quantitative estimate of drug-likeness (QED) is 0.704. The third-order valence-corrected chi connectivity index (χ3v) is 1.43. The van der Waals surface area contributed by atoms with E-state index in [1.165, 1.54) is 0 Å². The number of aromatic carboxylic acids is 1. The fraction of sp³-hybridized carbons (Fsp3) is 0.571. The van der Waals surface area contributed by atoms with Gasteiger partial charge < -0.3 is 14.5 Å². The second-order valence-corrected chi connectivity index (χ2v) is 2.87. The Morgan fingerprint density at radius 1 is 1.62 bits per heavy atom. The van der Waals surface area contributed by atoms with Crippen LogP contribution in [-0.2, 0) is 6.42 Å². The van der Waals surface area contributed by atoms with Gasteiger partial charge in [-0.3, -0.25) is 0 Å². The van der Waals surface area contributed by atoms with Gasteiger partial charge in [-0.1, -0.05) is 0 Å². The second kappa shape index (κ2) is 3.99. The highest BCUT2D eigenvalue weighted by molar-refractivity contribution is 5.82. The Hall–Kier alpha value is -1.43. The third-order valence-electron chi connectivity index (χ3n) is 1.43. The summed E-state index contributed by atoms with van der Waals surface area (Å²) in [5.41, 5.74) is 0. The number of nitrogens with zero attached hydrogens (tertiary/aromatic N) is 3. The molecule has 0 unspecified atom stereocenters. The Kier molecular flexibility index (Phi) is 2.97. The standard InChI is InChI=1S/C7H11N3O3/c1-10(2)4-3-5-8-6(7(11)12)9-13-5/h3-4H2,1-2H3,(H,11,12). The second-order valence-electron chi connectivity index (χ2n) is 2.87. The lowest BCUT2D eigenvalue weighted by Crippen LogP contribution is -2.15. The Labute approximate surface area is 75.2 Å². The minimum atomic E-state index is -1.17. The van der Waals surface area contributed by atoms with Crippen molar-refractivity contribution >= 4 is 5.97 Å². The summed E-state index contributed by atoms with van der Waals surface area (Å²) in [5, 5.41) is 11.8. The summed E-state index contributed by atoms with van der Waals surface area (Å²) in [6.07, 6.45) is 0.563. The Morgan fingerprint density at radius 3 is 2.77 bits per heavy atom. The number of hydrogen-bond donors (Lipinski definition) is 1. The van der Waals surface area contributed by atoms with E-state index in [2.05, 4.69) is 10.1 Å². The summed E-state index contributed by atoms with van der Waals surface area (Å²) in [5.74, 6) is -1.10. The smallest absolute Gasteiger partial charge is 0.377 e. The highest BCUT2D eigenvalue weighted by Crippen LogP contribution is 1.98. The van der Waals surface area contributed by atoms with Crippen molar-refractivity contribution in [2.24, 2.45) is 0 Å². The van der Waals surface area contributed by atoms with E-state index in [1.54, 1.807) is 0 Å². The van der Waals surface area contributed by atoms with Crippen LogP contribution in [-0.4, -0.2) is 46.8 Å². The van der Waals surface area contributed by atoms with E-state index < -0.39 is 5.97 Å². The maximum Gasteiger partial charge on any atom is 0.377 e. The van der Waals surface area contributed by atoms with Crippen LogP contribution >= 0.6 is 0 Å². The van der Waals surface area contributed by atoms with Crippen LogP contribution in [0.15, 0.2) is 4.52 Å². The lowest BCUT2D eigenvalue weighted by Gasteiger charge is -2.05. The molecule has 0 radical (unpaired) electrons. The molecule has 72 valence electrons. The maximum absolute atomic E-state index is 10.4. The van der Waals surface area contributed by atoms with Crippen LogP contribution in [0.5, 0.6) is 0 Å². The molecule has 0 aliphatic heterocycles. The molecular weight excluding hydrogens is 174 g/mol. The normalized spacial score (nSPS) is 10.7. The van der Waals surface area contributed by atoms with Gasteiger partial charge in [0.2, 0.25) is 5.89 Å². The number of hydrogen-bond acceptors (Lipinski definition) is 5. The molecule has 13 heavy (non-hydrogen) atoms. The topological polar surface area (TPSA) is 79.5 Å². The van der Waals surface area contributed by atoms with Crippen molar-refractivity contribution in [3.8, 4) is 0 Å². The van der Waals surface area contributed by atoms with E-state index in [9.17, 15) is 4.79 Å². The van der Waals surface area contributed by atoms with E-state index in [-0.39, 0.29) is 5.82 Å². The molecule has 0 saturated heterocycles. The molecule has 1 heterocycles. The molecule has 0 atom stereocenters. The molecule has 0 amide bonds. The van der Waals surface area contributed by atoms with Crippen LogP contribution < -0.4 is 0 Å². The first-order chi connectivity index (χ1) is 6.09. The van der Waals surface area contributed by atoms with Gasteiger partial charge >= 0.3 is 5.97 Å². The molecule has 6 nitrogen and oxygen atoms in total. The van der Waals surface area contributed by atoms with Crippen molar-refractivity contribution in [2.45, 2.75) is 6.42 Å². The van der Waals surface area contributed by atoms with Gasteiger partial charge in [-0.15, -0.1) is 0 Å². The van der Waals surface area contributed by atoms with Gasteiger partial charge in [0.05, 0.1) is 0 Å². The zero-order valence-electron chi connectivity index (χ0n) is 7.52. The Morgan fingerprint density at radius 2 is 2.31 bits per heavy atom. The first-order valence-corrected chi connectivity index (χ1v) is 3.80. The average Bonchev–Trinajstić information content (AvgIpc) is 2.48. The van der Waals surface area contributed by atoms with Crippen molar-refractivity contribution in [1.29, 1.82) is 0 Å². The minimum Gasteiger partial charge on any atom is -0.475 e. The van der Waals surface area contributed by atoms with Crippen molar-refractivity contribution < 1.29 is 14.4 Å². The minimum absolute atomic E-state index is 0.284. The lowest BCUT2D eigenvalue weighted by atomic mass is 10.4. The van der Waals surface area contributed by atoms with Crippen molar-refractivity contribution in [3.05, 3.63) is 11.7 Å². The van der Waals surface area contributed by atoms with Crippen molar-refractivity contribution in [3.63, 3.8) is 0 Å². The van der Waals surface area contributed by atoms with E-state index in [1.807, 2.05) is 19.0 Å². The Bertz CT molecular complexity index is 295. The van der Waals surface area contributed by atoms with E-state index in [4.69, 9.17) is 9.63 Å². The molecule has 0 bridgehead atoms. The van der Waals surface area contributed by atoms with Crippen LogP contribution in [0.3, 0.4) is 0 Å². The zero-order chi connectivity index (χ0) is 9.84. The summed E-state index contributed by atoms with van der Waals surface area (Å²) < 4.78 is 4.71. The number of aromatic nitrogens is 2.